The van der Waals surface area contributed by atoms with Crippen LogP contribution in [0.4, 0.5) is 0 Å². The number of para-hydroxylation sites is 1. The van der Waals surface area contributed by atoms with Crippen LogP contribution in [0.3, 0.4) is 0 Å². The Hall–Kier alpha value is -2.30. The van der Waals surface area contributed by atoms with E-state index in [2.05, 4.69) is 12.2 Å². The van der Waals surface area contributed by atoms with Gasteiger partial charge in [0.05, 0.1) is 32.6 Å². The number of rotatable bonds is 4. The minimum Gasteiger partial charge on any atom is -0.493 e. The Morgan fingerprint density at radius 1 is 1.04 bits per heavy atom. The largest absolute Gasteiger partial charge is 0.493 e. The number of methoxy groups -OCH3 is 2. The molecule has 2 fully saturated rings. The van der Waals surface area contributed by atoms with Crippen LogP contribution < -0.4 is 9.47 Å². The van der Waals surface area contributed by atoms with E-state index in [4.69, 9.17) is 9.47 Å². The van der Waals surface area contributed by atoms with Gasteiger partial charge >= 0.3 is 0 Å². The van der Waals surface area contributed by atoms with E-state index in [1.54, 1.807) is 20.3 Å². The van der Waals surface area contributed by atoms with Gasteiger partial charge in [0.2, 0.25) is 11.8 Å². The Bertz CT molecular complexity index is 681. The van der Waals surface area contributed by atoms with Crippen molar-refractivity contribution in [1.82, 2.24) is 4.90 Å². The molecule has 0 radical (unpaired) electrons. The van der Waals surface area contributed by atoms with Gasteiger partial charge in [-0.1, -0.05) is 24.3 Å². The number of ether oxygens (including phenoxy) is 2. The van der Waals surface area contributed by atoms with Crippen molar-refractivity contribution >= 4 is 11.8 Å². The molecule has 2 aliphatic carbocycles. The third-order valence-corrected chi connectivity index (χ3v) is 5.37. The average Bonchev–Trinajstić information content (AvgIpc) is 3.24. The van der Waals surface area contributed by atoms with E-state index >= 15 is 0 Å². The molecule has 4 rings (SSSR count). The molecule has 1 aromatic carbocycles. The first-order valence-electron chi connectivity index (χ1n) is 7.89. The van der Waals surface area contributed by atoms with Crippen LogP contribution in [0, 0.1) is 23.7 Å². The smallest absolute Gasteiger partial charge is 0.234 e. The fourth-order valence-corrected chi connectivity index (χ4v) is 4.37. The standard InChI is InChI=1S/C18H19NO4/c1-22-13-5-3-4-12(16(13)23-2)9-19-17(20)14-10-6-7-11(8-10)15(14)18(19)21/h3-7,10-11,14-15H,8-9H2,1-2H3/t10-,11-,14-,15+/m0/s1. The Labute approximate surface area is 134 Å². The molecule has 120 valence electrons. The van der Waals surface area contributed by atoms with Gasteiger partial charge in [-0.25, -0.2) is 0 Å². The molecule has 2 amide bonds. The Balaban J connectivity index is 1.64. The van der Waals surface area contributed by atoms with Crippen molar-refractivity contribution in [2.45, 2.75) is 13.0 Å². The third-order valence-electron chi connectivity index (χ3n) is 5.37. The summed E-state index contributed by atoms with van der Waals surface area (Å²) in [5.41, 5.74) is 0.786. The number of nitrogens with zero attached hydrogens (tertiary/aromatic N) is 1. The van der Waals surface area contributed by atoms with Gasteiger partial charge in [-0.2, -0.15) is 0 Å². The second-order valence-electron chi connectivity index (χ2n) is 6.42. The second-order valence-corrected chi connectivity index (χ2v) is 6.42. The maximum absolute atomic E-state index is 12.7. The van der Waals surface area contributed by atoms with E-state index in [-0.39, 0.29) is 42.0 Å². The Morgan fingerprint density at radius 3 is 2.26 bits per heavy atom. The number of likely N-dealkylation sites (tertiary alicyclic amines) is 1. The minimum absolute atomic E-state index is 0.0401. The lowest BCUT2D eigenvalue weighted by atomic mass is 9.85. The van der Waals surface area contributed by atoms with Crippen LogP contribution in [0.25, 0.3) is 0 Å². The summed E-state index contributed by atoms with van der Waals surface area (Å²) < 4.78 is 10.7. The van der Waals surface area contributed by atoms with Crippen molar-refractivity contribution < 1.29 is 19.1 Å². The summed E-state index contributed by atoms with van der Waals surface area (Å²) in [6.07, 6.45) is 5.16. The van der Waals surface area contributed by atoms with Crippen molar-refractivity contribution in [3.05, 3.63) is 35.9 Å². The summed E-state index contributed by atoms with van der Waals surface area (Å²) in [6.45, 7) is 0.241. The zero-order chi connectivity index (χ0) is 16.1. The zero-order valence-corrected chi connectivity index (χ0v) is 13.2. The Morgan fingerprint density at radius 2 is 1.70 bits per heavy atom. The van der Waals surface area contributed by atoms with Crippen molar-refractivity contribution in [2.24, 2.45) is 23.7 Å². The molecule has 0 spiro atoms. The molecule has 5 nitrogen and oxygen atoms in total. The van der Waals surface area contributed by atoms with Crippen LogP contribution in [0.5, 0.6) is 11.5 Å². The van der Waals surface area contributed by atoms with Crippen LogP contribution in [0.15, 0.2) is 30.4 Å². The number of hydrogen-bond donors (Lipinski definition) is 0. The highest BCUT2D eigenvalue weighted by Crippen LogP contribution is 2.52. The number of amides is 2. The van der Waals surface area contributed by atoms with Gasteiger partial charge in [0.15, 0.2) is 11.5 Å². The highest BCUT2D eigenvalue weighted by atomic mass is 16.5. The van der Waals surface area contributed by atoms with Crippen LogP contribution in [-0.4, -0.2) is 30.9 Å². The van der Waals surface area contributed by atoms with Crippen molar-refractivity contribution in [1.29, 1.82) is 0 Å². The predicted octanol–water partition coefficient (Wildman–Crippen LogP) is 2.01. The van der Waals surface area contributed by atoms with E-state index in [1.807, 2.05) is 12.1 Å². The highest BCUT2D eigenvalue weighted by molar-refractivity contribution is 6.06. The molecule has 2 bridgehead atoms. The van der Waals surface area contributed by atoms with E-state index in [0.717, 1.165) is 12.0 Å². The first kappa shape index (κ1) is 14.3. The molecule has 0 N–H and O–H groups in total. The SMILES string of the molecule is COc1cccc(CN2C(=O)[C@@H]3[C@H](C2=O)[C@H]2C=C[C@H]3C2)c1OC. The van der Waals surface area contributed by atoms with Crippen LogP contribution in [0.2, 0.25) is 0 Å². The molecule has 1 heterocycles. The Kier molecular flexibility index (Phi) is 3.18. The van der Waals surface area contributed by atoms with Gasteiger partial charge in [-0.05, 0) is 24.3 Å². The number of hydrogen-bond acceptors (Lipinski definition) is 4. The van der Waals surface area contributed by atoms with E-state index in [1.165, 1.54) is 4.90 Å². The van der Waals surface area contributed by atoms with E-state index < -0.39 is 0 Å². The normalized spacial score (nSPS) is 31.0. The predicted molar refractivity (Wildman–Crippen MR) is 82.8 cm³/mol. The molecule has 3 aliphatic rings. The molecule has 1 aliphatic heterocycles. The van der Waals surface area contributed by atoms with Gasteiger partial charge in [0.1, 0.15) is 0 Å². The fourth-order valence-electron chi connectivity index (χ4n) is 4.37. The number of imide groups is 1. The third kappa shape index (κ3) is 1.92. The average molecular weight is 313 g/mol. The summed E-state index contributed by atoms with van der Waals surface area (Å²) in [5, 5.41) is 0. The first-order valence-corrected chi connectivity index (χ1v) is 7.89. The van der Waals surface area contributed by atoms with Crippen molar-refractivity contribution in [3.63, 3.8) is 0 Å². The van der Waals surface area contributed by atoms with Gasteiger partial charge < -0.3 is 9.47 Å². The molecule has 1 aromatic rings. The number of benzene rings is 1. The lowest BCUT2D eigenvalue weighted by Gasteiger charge is -2.19. The maximum atomic E-state index is 12.7. The molecule has 4 atom stereocenters. The summed E-state index contributed by atoms with van der Waals surface area (Å²) in [4.78, 5) is 26.9. The number of carbonyl (C=O) groups excluding carboxylic acids is 2. The monoisotopic (exact) mass is 313 g/mol. The van der Waals surface area contributed by atoms with Crippen molar-refractivity contribution in [2.75, 3.05) is 14.2 Å². The molecule has 0 aromatic heterocycles. The first-order chi connectivity index (χ1) is 11.2. The molecular formula is C18H19NO4. The number of fused-ring (bicyclic) bond motifs is 5. The molecule has 0 unspecified atom stereocenters. The molecule has 1 saturated heterocycles. The number of allylic oxidation sites excluding steroid dienone is 2. The lowest BCUT2D eigenvalue weighted by Crippen LogP contribution is -2.32. The summed E-state index contributed by atoms with van der Waals surface area (Å²) in [7, 11) is 3.13. The van der Waals surface area contributed by atoms with Gasteiger partial charge in [0.25, 0.3) is 0 Å². The van der Waals surface area contributed by atoms with E-state index in [9.17, 15) is 9.59 Å². The highest BCUT2D eigenvalue weighted by Gasteiger charge is 2.59. The summed E-state index contributed by atoms with van der Waals surface area (Å²) in [5.74, 6) is 1.25. The molecule has 5 heteroatoms. The molecule has 1 saturated carbocycles. The fraction of sp³-hybridized carbons (Fsp3) is 0.444. The van der Waals surface area contributed by atoms with E-state index in [0.29, 0.717) is 11.5 Å². The quantitative estimate of drug-likeness (QED) is 0.630. The van der Waals surface area contributed by atoms with Gasteiger partial charge in [-0.3, -0.25) is 14.5 Å². The lowest BCUT2D eigenvalue weighted by molar-refractivity contribution is -0.141. The van der Waals surface area contributed by atoms with Gasteiger partial charge in [0, 0.05) is 5.56 Å². The minimum atomic E-state index is -0.158. The molecular weight excluding hydrogens is 294 g/mol. The van der Waals surface area contributed by atoms with Crippen LogP contribution in [0.1, 0.15) is 12.0 Å². The summed E-state index contributed by atoms with van der Waals surface area (Å²) >= 11 is 0. The maximum Gasteiger partial charge on any atom is 0.234 e. The van der Waals surface area contributed by atoms with Crippen LogP contribution in [-0.2, 0) is 16.1 Å². The second kappa shape index (κ2) is 5.11. The number of carbonyl (C=O) groups is 2. The molecule has 23 heavy (non-hydrogen) atoms. The van der Waals surface area contributed by atoms with Crippen molar-refractivity contribution in [3.8, 4) is 11.5 Å². The van der Waals surface area contributed by atoms with Gasteiger partial charge in [-0.15, -0.1) is 0 Å². The zero-order valence-electron chi connectivity index (χ0n) is 13.2. The topological polar surface area (TPSA) is 55.8 Å². The van der Waals surface area contributed by atoms with Crippen LogP contribution >= 0.6 is 0 Å². The summed E-state index contributed by atoms with van der Waals surface area (Å²) in [6, 6.07) is 5.51.